The van der Waals surface area contributed by atoms with E-state index in [1.54, 1.807) is 109 Å². The number of phenolic OH excluding ortho intramolecular Hbond substituents is 4. The van der Waals surface area contributed by atoms with Crippen molar-refractivity contribution >= 4 is 109 Å². The second-order valence-corrected chi connectivity index (χ2v) is 40.0. The largest absolute Gasteiger partial charge is 0.508 e. The Kier molecular flexibility index (Phi) is 33.7. The van der Waals surface area contributed by atoms with E-state index in [1.807, 2.05) is 153 Å². The Balaban J connectivity index is 0.000000131. The van der Waals surface area contributed by atoms with Crippen molar-refractivity contribution in [3.8, 4) is 92.0 Å². The number of rotatable bonds is 40. The zero-order valence-corrected chi connectivity index (χ0v) is 82.0. The summed E-state index contributed by atoms with van der Waals surface area (Å²) in [5.41, 5.74) is 3.73. The van der Waals surface area contributed by atoms with Gasteiger partial charge in [0.1, 0.15) is 94.3 Å². The first-order chi connectivity index (χ1) is 69.6. The number of carbonyl (C=O) groups is 4. The van der Waals surface area contributed by atoms with Crippen LogP contribution in [0.1, 0.15) is 97.8 Å². The van der Waals surface area contributed by atoms with E-state index < -0.39 is 11.6 Å². The van der Waals surface area contributed by atoms with Crippen molar-refractivity contribution in [3.63, 3.8) is 0 Å². The maximum Gasteiger partial charge on any atom is 0.209 e. The average Bonchev–Trinajstić information content (AvgIpc) is 1.64. The fourth-order valence-electron chi connectivity index (χ4n) is 17.2. The van der Waals surface area contributed by atoms with Crippen LogP contribution in [-0.4, -0.2) is 195 Å². The number of benzene rings is 12. The van der Waals surface area contributed by atoms with E-state index >= 15 is 0 Å². The molecule has 0 amide bonds. The summed E-state index contributed by atoms with van der Waals surface area (Å²) >= 11 is 5.07. The SMILES string of the molecule is Cc1ccc(C(=O)c2sc3cc(O)ccc3c2Oc2ccc(OCCCN3CC(CF)C3)cc2)cc1.Cc1ccccc1C(=O)c1sc2cc(O)ccc2c1Oc1ccc(OCCCN2CC(CF)C2)cc1.O=C(c1ccccc1)c1sc2cc(O)ccc2c1Oc1ccc(OCCCN2CC(CF)C2)cc1.O=C(c1ccccc1F)c1sc2cc(O)ccc2c1Oc1ccc(OCCCN2CC(CF)C2)cc1. The molecule has 0 atom stereocenters. The van der Waals surface area contributed by atoms with Crippen molar-refractivity contribution in [3.05, 3.63) is 332 Å². The molecule has 8 heterocycles. The fourth-order valence-corrected chi connectivity index (χ4v) is 21.6. The summed E-state index contributed by atoms with van der Waals surface area (Å²) in [4.78, 5) is 64.0. The molecule has 738 valence electrons. The Hall–Kier alpha value is -13.8. The van der Waals surface area contributed by atoms with Crippen LogP contribution in [0, 0.1) is 43.3 Å². The summed E-state index contributed by atoms with van der Waals surface area (Å²) in [5.74, 6) is 6.79. The second kappa shape index (κ2) is 47.9. The molecular weight excluding hydrogens is 1900 g/mol. The van der Waals surface area contributed by atoms with Crippen molar-refractivity contribution in [2.24, 2.45) is 23.7 Å². The highest BCUT2D eigenvalue weighted by Crippen LogP contribution is 2.49. The highest BCUT2D eigenvalue weighted by atomic mass is 32.1. The third-order valence-electron chi connectivity index (χ3n) is 24.9. The smallest absolute Gasteiger partial charge is 0.209 e. The molecule has 4 fully saturated rings. The molecule has 20 nitrogen and oxygen atoms in total. The van der Waals surface area contributed by atoms with Crippen LogP contribution in [0.2, 0.25) is 0 Å². The van der Waals surface area contributed by atoms with E-state index in [4.69, 9.17) is 37.9 Å². The van der Waals surface area contributed by atoms with Gasteiger partial charge in [-0.15, -0.1) is 45.3 Å². The Bertz CT molecular complexity index is 6840. The summed E-state index contributed by atoms with van der Waals surface area (Å²) in [5, 5.41) is 42.7. The first kappa shape index (κ1) is 101. The van der Waals surface area contributed by atoms with E-state index in [0.717, 1.165) is 174 Å². The molecular formula is C114H107F5N4O16S4. The lowest BCUT2D eigenvalue weighted by Crippen LogP contribution is -2.48. The molecule has 4 aromatic heterocycles. The summed E-state index contributed by atoms with van der Waals surface area (Å²) < 4.78 is 116. The molecule has 20 rings (SSSR count). The van der Waals surface area contributed by atoms with Crippen LogP contribution < -0.4 is 37.9 Å². The van der Waals surface area contributed by atoms with Crippen LogP contribution in [0.25, 0.3) is 40.3 Å². The minimum Gasteiger partial charge on any atom is -0.508 e. The molecule has 29 heteroatoms. The van der Waals surface area contributed by atoms with Crippen LogP contribution >= 0.6 is 45.3 Å². The van der Waals surface area contributed by atoms with Crippen molar-refractivity contribution < 1.29 is 99.5 Å². The molecule has 4 saturated heterocycles. The highest BCUT2D eigenvalue weighted by molar-refractivity contribution is 7.22. The first-order valence-corrected chi connectivity index (χ1v) is 50.8. The molecule has 0 spiro atoms. The standard InChI is InChI=1S/2C29H28FNO4S.C28H25F2NO4S.C28H26FNO4S/c1-19-3-5-21(6-4-19)27(33)29-28(25-12-7-22(32)15-26(25)36-29)35-24-10-8-23(9-11-24)34-14-2-13-31-17-20(16-30)18-31;1-19-5-2-3-6-24(19)27(33)29-28(25-12-7-21(32)15-26(25)36-29)35-23-10-8-22(9-11-23)34-14-4-13-31-17-20(16-30)18-31;29-15-18-16-31(17-18)12-3-13-34-20-7-9-21(10-8-20)35-27-23-11-6-19(32)14-25(23)36-28(27)26(33)22-4-1-2-5-24(22)30;29-16-19-17-30(18-19)13-4-14-33-22-8-10-23(11-9-22)34-27-24-12-7-21(31)15-25(24)35-28(27)26(32)20-5-2-1-3-6-20/h3-12,15,20,32H,2,13-14,16-18H2,1H3;2-3,5-12,15,20,32H,4,13-14,16-18H2,1H3;1-2,4-11,14,18,32H,3,12-13,15-17H2;1-3,5-12,15,19,31H,4,13-14,16-18H2. The number of aryl methyl sites for hydroxylation is 2. The second-order valence-electron chi connectivity index (χ2n) is 35.8. The molecule has 4 aliphatic rings. The summed E-state index contributed by atoms with van der Waals surface area (Å²) in [6.45, 7) is 15.6. The van der Waals surface area contributed by atoms with Crippen LogP contribution in [0.3, 0.4) is 0 Å². The van der Waals surface area contributed by atoms with Crippen LogP contribution in [0.5, 0.6) is 92.0 Å². The van der Waals surface area contributed by atoms with Gasteiger partial charge in [0, 0.05) is 159 Å². The van der Waals surface area contributed by atoms with Crippen molar-refractivity contribution in [2.45, 2.75) is 39.5 Å². The normalized spacial score (nSPS) is 14.1. The predicted molar refractivity (Wildman–Crippen MR) is 553 cm³/mol. The van der Waals surface area contributed by atoms with Gasteiger partial charge in [0.2, 0.25) is 23.1 Å². The summed E-state index contributed by atoms with van der Waals surface area (Å²) in [7, 11) is 0. The van der Waals surface area contributed by atoms with Gasteiger partial charge in [-0.1, -0.05) is 96.6 Å². The van der Waals surface area contributed by atoms with Gasteiger partial charge in [-0.2, -0.15) is 0 Å². The number of aromatic hydroxyl groups is 4. The summed E-state index contributed by atoms with van der Waals surface area (Å²) in [6, 6.07) is 78.7. The number of hydrogen-bond acceptors (Lipinski definition) is 24. The Morgan fingerprint density at radius 3 is 0.853 bits per heavy atom. The first-order valence-electron chi connectivity index (χ1n) is 47.5. The number of carbonyl (C=O) groups excluding carboxylic acids is 4. The fraction of sp³-hybridized carbons (Fsp3) is 0.263. The lowest BCUT2D eigenvalue weighted by molar-refractivity contribution is 0.0755. The third kappa shape index (κ3) is 25.7. The lowest BCUT2D eigenvalue weighted by Gasteiger charge is -2.37. The summed E-state index contributed by atoms with van der Waals surface area (Å²) in [6.07, 6.45) is 3.51. The molecule has 16 aromatic rings. The molecule has 12 aromatic carbocycles. The van der Waals surface area contributed by atoms with Gasteiger partial charge in [0.05, 0.1) is 58.7 Å². The monoisotopic (exact) mass is 2010 g/mol. The van der Waals surface area contributed by atoms with Gasteiger partial charge < -0.3 is 77.9 Å². The van der Waals surface area contributed by atoms with E-state index in [1.165, 1.54) is 58.3 Å². The highest BCUT2D eigenvalue weighted by Gasteiger charge is 2.33. The number of likely N-dealkylation sites (tertiary alicyclic amines) is 4. The maximum atomic E-state index is 14.3. The molecule has 0 bridgehead atoms. The topological polar surface area (TPSA) is 236 Å². The molecule has 4 aliphatic heterocycles. The molecule has 0 unspecified atom stereocenters. The van der Waals surface area contributed by atoms with Gasteiger partial charge in [0.15, 0.2) is 23.0 Å². The number of phenols is 4. The predicted octanol–water partition coefficient (Wildman–Crippen LogP) is 26.0. The minimum atomic E-state index is -0.605. The Morgan fingerprint density at radius 1 is 0.301 bits per heavy atom. The van der Waals surface area contributed by atoms with Crippen molar-refractivity contribution in [1.82, 2.24) is 19.6 Å². The van der Waals surface area contributed by atoms with Gasteiger partial charge in [0.25, 0.3) is 0 Å². The number of hydrogen-bond donors (Lipinski definition) is 4. The van der Waals surface area contributed by atoms with Crippen LogP contribution in [0.4, 0.5) is 22.0 Å². The number of halogens is 5. The lowest BCUT2D eigenvalue weighted by atomic mass is 10.0. The molecule has 0 saturated carbocycles. The Labute approximate surface area is 840 Å². The maximum absolute atomic E-state index is 14.3. The minimum absolute atomic E-state index is 0.0414. The van der Waals surface area contributed by atoms with E-state index in [0.29, 0.717) is 120 Å². The molecule has 4 N–H and O–H groups in total. The number of nitrogens with zero attached hydrogens (tertiary/aromatic N) is 4. The van der Waals surface area contributed by atoms with E-state index in [9.17, 15) is 61.6 Å². The molecule has 143 heavy (non-hydrogen) atoms. The number of alkyl halides is 4. The number of ketones is 4. The zero-order chi connectivity index (χ0) is 99.4. The van der Waals surface area contributed by atoms with Crippen molar-refractivity contribution in [2.75, 3.05) is 132 Å². The van der Waals surface area contributed by atoms with Gasteiger partial charge in [-0.3, -0.25) is 36.7 Å². The van der Waals surface area contributed by atoms with Crippen LogP contribution in [0.15, 0.2) is 273 Å². The van der Waals surface area contributed by atoms with E-state index in [-0.39, 0.29) is 101 Å². The van der Waals surface area contributed by atoms with E-state index in [2.05, 4.69) is 19.6 Å². The third-order valence-corrected chi connectivity index (χ3v) is 29.5. The molecule has 0 aliphatic carbocycles. The number of ether oxygens (including phenoxy) is 8. The average molecular weight is 2010 g/mol. The van der Waals surface area contributed by atoms with Gasteiger partial charge in [-0.25, -0.2) is 4.39 Å². The molecule has 0 radical (unpaired) electrons. The van der Waals surface area contributed by atoms with Crippen LogP contribution in [-0.2, 0) is 0 Å². The van der Waals surface area contributed by atoms with Gasteiger partial charge >= 0.3 is 0 Å². The quantitative estimate of drug-likeness (QED) is 0.0159. The Morgan fingerprint density at radius 2 is 0.559 bits per heavy atom. The number of fused-ring (bicyclic) bond motifs is 4. The van der Waals surface area contributed by atoms with Gasteiger partial charge in [-0.05, 0) is 227 Å². The number of thiophene rings is 4. The van der Waals surface area contributed by atoms with Crippen molar-refractivity contribution in [1.29, 1.82) is 0 Å². The zero-order valence-electron chi connectivity index (χ0n) is 78.8.